The van der Waals surface area contributed by atoms with Gasteiger partial charge in [0.25, 0.3) is 5.91 Å². The molecule has 0 atom stereocenters. The second kappa shape index (κ2) is 7.27. The summed E-state index contributed by atoms with van der Waals surface area (Å²) < 4.78 is 5.89. The normalized spacial score (nSPS) is 12.0. The summed E-state index contributed by atoms with van der Waals surface area (Å²) in [5.41, 5.74) is 0.649. The zero-order chi connectivity index (χ0) is 18.8. The molecule has 0 aliphatic rings. The Morgan fingerprint density at radius 1 is 0.960 bits per heavy atom. The van der Waals surface area contributed by atoms with E-state index in [1.807, 2.05) is 24.3 Å². The maximum absolute atomic E-state index is 12.6. The average molecular weight is 380 g/mol. The number of rotatable bonds is 4. The van der Waals surface area contributed by atoms with Crippen molar-refractivity contribution >= 4 is 34.8 Å². The third-order valence-corrected chi connectivity index (χ3v) is 4.38. The van der Waals surface area contributed by atoms with Crippen LogP contribution in [0.5, 0.6) is 5.75 Å². The molecule has 134 valence electrons. The van der Waals surface area contributed by atoms with Crippen LogP contribution in [0.2, 0.25) is 10.0 Å². The van der Waals surface area contributed by atoms with Gasteiger partial charge in [-0.05, 0) is 55.2 Å². The summed E-state index contributed by atoms with van der Waals surface area (Å²) in [7, 11) is 0. The van der Waals surface area contributed by atoms with E-state index in [1.54, 1.807) is 32.0 Å². The predicted octanol–water partition coefficient (Wildman–Crippen LogP) is 6.09. The lowest BCUT2D eigenvalue weighted by Crippen LogP contribution is -2.42. The highest BCUT2D eigenvalue weighted by molar-refractivity contribution is 6.35. The highest BCUT2D eigenvalue weighted by Gasteiger charge is 2.30. The van der Waals surface area contributed by atoms with Gasteiger partial charge in [0.1, 0.15) is 5.75 Å². The lowest BCUT2D eigenvalue weighted by molar-refractivity contribution is -0.128. The maximum atomic E-state index is 12.6. The fourth-order valence-electron chi connectivity index (χ4n) is 2.23. The van der Waals surface area contributed by atoms with Crippen molar-refractivity contribution in [2.45, 2.75) is 45.6 Å². The van der Waals surface area contributed by atoms with Crippen molar-refractivity contribution in [3.63, 3.8) is 0 Å². The Hall–Kier alpha value is -1.71. The topological polar surface area (TPSA) is 38.3 Å². The smallest absolute Gasteiger partial charge is 0.268 e. The molecule has 0 unspecified atom stereocenters. The minimum Gasteiger partial charge on any atom is -0.478 e. The van der Waals surface area contributed by atoms with Crippen LogP contribution in [-0.4, -0.2) is 11.5 Å². The molecule has 1 amide bonds. The third kappa shape index (κ3) is 5.13. The van der Waals surface area contributed by atoms with Gasteiger partial charge in [-0.15, -0.1) is 0 Å². The molecule has 0 aliphatic carbocycles. The van der Waals surface area contributed by atoms with E-state index in [-0.39, 0.29) is 11.3 Å². The third-order valence-electron chi connectivity index (χ3n) is 3.82. The largest absolute Gasteiger partial charge is 0.478 e. The van der Waals surface area contributed by atoms with E-state index in [4.69, 9.17) is 27.9 Å². The van der Waals surface area contributed by atoms with Gasteiger partial charge in [0, 0.05) is 5.02 Å². The molecule has 5 heteroatoms. The van der Waals surface area contributed by atoms with E-state index in [1.165, 1.54) is 5.56 Å². The highest BCUT2D eigenvalue weighted by Crippen LogP contribution is 2.28. The number of hydrogen-bond donors (Lipinski definition) is 1. The molecule has 0 fully saturated rings. The Kier molecular flexibility index (Phi) is 5.70. The van der Waals surface area contributed by atoms with Crippen LogP contribution in [0.3, 0.4) is 0 Å². The van der Waals surface area contributed by atoms with Crippen LogP contribution in [0.15, 0.2) is 42.5 Å². The predicted molar refractivity (Wildman–Crippen MR) is 105 cm³/mol. The molecule has 0 radical (unpaired) electrons. The fourth-order valence-corrected chi connectivity index (χ4v) is 2.57. The first-order chi connectivity index (χ1) is 11.5. The first-order valence-electron chi connectivity index (χ1n) is 8.05. The Labute approximate surface area is 159 Å². The molecular formula is C20H23Cl2NO2. The van der Waals surface area contributed by atoms with E-state index < -0.39 is 5.60 Å². The summed E-state index contributed by atoms with van der Waals surface area (Å²) in [4.78, 5) is 12.6. The monoisotopic (exact) mass is 379 g/mol. The van der Waals surface area contributed by atoms with Gasteiger partial charge in [0.15, 0.2) is 5.60 Å². The van der Waals surface area contributed by atoms with E-state index in [9.17, 15) is 4.79 Å². The standard InChI is InChI=1S/C20H23Cl2NO2/c1-19(2,3)13-6-9-15(10-7-13)25-20(4,5)18(24)23-17-12-14(21)8-11-16(17)22/h6-12H,1-5H3,(H,23,24). The Morgan fingerprint density at radius 2 is 1.56 bits per heavy atom. The zero-order valence-electron chi connectivity index (χ0n) is 15.1. The Bertz CT molecular complexity index is 762. The fraction of sp³-hybridized carbons (Fsp3) is 0.350. The molecule has 0 bridgehead atoms. The number of carbonyl (C=O) groups excluding carboxylic acids is 1. The quantitative estimate of drug-likeness (QED) is 0.697. The minimum atomic E-state index is -1.07. The molecule has 2 rings (SSSR count). The summed E-state index contributed by atoms with van der Waals surface area (Å²) in [6.07, 6.45) is 0. The second-order valence-electron chi connectivity index (χ2n) is 7.47. The molecule has 2 aromatic rings. The summed E-state index contributed by atoms with van der Waals surface area (Å²) >= 11 is 12.1. The van der Waals surface area contributed by atoms with Crippen molar-refractivity contribution in [2.24, 2.45) is 0 Å². The van der Waals surface area contributed by atoms with E-state index in [2.05, 4.69) is 26.1 Å². The van der Waals surface area contributed by atoms with Gasteiger partial charge >= 0.3 is 0 Å². The van der Waals surface area contributed by atoms with Gasteiger partial charge in [-0.2, -0.15) is 0 Å². The van der Waals surface area contributed by atoms with Gasteiger partial charge in [-0.25, -0.2) is 0 Å². The summed E-state index contributed by atoms with van der Waals surface area (Å²) in [6.45, 7) is 9.86. The van der Waals surface area contributed by atoms with Crippen molar-refractivity contribution in [3.8, 4) is 5.75 Å². The van der Waals surface area contributed by atoms with E-state index in [0.717, 1.165) is 0 Å². The van der Waals surface area contributed by atoms with Crippen LogP contribution in [0, 0.1) is 0 Å². The van der Waals surface area contributed by atoms with Crippen molar-refractivity contribution in [3.05, 3.63) is 58.1 Å². The lowest BCUT2D eigenvalue weighted by Gasteiger charge is -2.26. The molecule has 0 saturated heterocycles. The molecule has 25 heavy (non-hydrogen) atoms. The second-order valence-corrected chi connectivity index (χ2v) is 8.31. The molecule has 2 aromatic carbocycles. The molecule has 0 spiro atoms. The van der Waals surface area contributed by atoms with Gasteiger partial charge < -0.3 is 10.1 Å². The SMILES string of the molecule is CC(C)(Oc1ccc(C(C)(C)C)cc1)C(=O)Nc1cc(Cl)ccc1Cl. The number of nitrogens with one attached hydrogen (secondary N) is 1. The highest BCUT2D eigenvalue weighted by atomic mass is 35.5. The number of anilines is 1. The van der Waals surface area contributed by atoms with E-state index in [0.29, 0.717) is 21.5 Å². The van der Waals surface area contributed by atoms with Gasteiger partial charge in [0.2, 0.25) is 0 Å². The van der Waals surface area contributed by atoms with Crippen LogP contribution in [0.25, 0.3) is 0 Å². The maximum Gasteiger partial charge on any atom is 0.268 e. The molecule has 0 aliphatic heterocycles. The number of amides is 1. The van der Waals surface area contributed by atoms with Crippen LogP contribution in [0.1, 0.15) is 40.2 Å². The molecular weight excluding hydrogens is 357 g/mol. The Balaban J connectivity index is 2.12. The van der Waals surface area contributed by atoms with Crippen LogP contribution in [0.4, 0.5) is 5.69 Å². The number of benzene rings is 2. The first-order valence-corrected chi connectivity index (χ1v) is 8.81. The summed E-state index contributed by atoms with van der Waals surface area (Å²) in [5, 5.41) is 3.68. The van der Waals surface area contributed by atoms with Crippen molar-refractivity contribution in [2.75, 3.05) is 5.32 Å². The van der Waals surface area contributed by atoms with Gasteiger partial charge in [-0.3, -0.25) is 4.79 Å². The van der Waals surface area contributed by atoms with Gasteiger partial charge in [-0.1, -0.05) is 56.1 Å². The molecule has 3 nitrogen and oxygen atoms in total. The van der Waals surface area contributed by atoms with Crippen LogP contribution < -0.4 is 10.1 Å². The van der Waals surface area contributed by atoms with Crippen molar-refractivity contribution in [1.82, 2.24) is 0 Å². The molecule has 0 heterocycles. The zero-order valence-corrected chi connectivity index (χ0v) is 16.6. The average Bonchev–Trinajstić information content (AvgIpc) is 2.50. The number of carbonyl (C=O) groups is 1. The number of hydrogen-bond acceptors (Lipinski definition) is 2. The number of ether oxygens (including phenoxy) is 1. The van der Waals surface area contributed by atoms with Crippen molar-refractivity contribution < 1.29 is 9.53 Å². The van der Waals surface area contributed by atoms with Crippen molar-refractivity contribution in [1.29, 1.82) is 0 Å². The molecule has 1 N–H and O–H groups in total. The molecule has 0 saturated carbocycles. The van der Waals surface area contributed by atoms with Crippen LogP contribution in [-0.2, 0) is 10.2 Å². The first kappa shape index (κ1) is 19.6. The number of halogens is 2. The Morgan fingerprint density at radius 3 is 2.12 bits per heavy atom. The minimum absolute atomic E-state index is 0.0642. The van der Waals surface area contributed by atoms with Crippen LogP contribution >= 0.6 is 23.2 Å². The summed E-state index contributed by atoms with van der Waals surface area (Å²) in [6, 6.07) is 12.7. The van der Waals surface area contributed by atoms with Gasteiger partial charge in [0.05, 0.1) is 10.7 Å². The lowest BCUT2D eigenvalue weighted by atomic mass is 9.87. The van der Waals surface area contributed by atoms with E-state index >= 15 is 0 Å². The molecule has 0 aromatic heterocycles. The summed E-state index contributed by atoms with van der Waals surface area (Å²) in [5.74, 6) is 0.321.